The molecule has 8 rings (SSSR count). The zero-order chi connectivity index (χ0) is 47.9. The molecule has 1 aliphatic heterocycles. The molecule has 0 atom stereocenters. The van der Waals surface area contributed by atoms with Crippen molar-refractivity contribution in [2.75, 3.05) is 9.80 Å². The number of hydrogen-bond donors (Lipinski definition) is 0. The van der Waals surface area contributed by atoms with Crippen molar-refractivity contribution in [3.8, 4) is 17.3 Å². The molecule has 5 nitrogen and oxygen atoms in total. The van der Waals surface area contributed by atoms with Gasteiger partial charge < -0.3 is 19.1 Å². The van der Waals surface area contributed by atoms with E-state index in [1.165, 1.54) is 38.9 Å². The number of anilines is 2. The largest absolute Gasteiger partial charge is 0.509 e. The van der Waals surface area contributed by atoms with E-state index in [0.29, 0.717) is 11.5 Å². The molecule has 67 heavy (non-hydrogen) atoms. The Balaban J connectivity index is 0.00000666. The second-order valence-corrected chi connectivity index (χ2v) is 24.2. The van der Waals surface area contributed by atoms with Gasteiger partial charge >= 0.3 is 0 Å². The van der Waals surface area contributed by atoms with Gasteiger partial charge in [0.1, 0.15) is 5.82 Å². The van der Waals surface area contributed by atoms with Crippen molar-refractivity contribution in [2.24, 2.45) is 5.41 Å². The second kappa shape index (κ2) is 17.4. The molecular formula is C61H71N4OPt-3. The molecule has 0 fully saturated rings. The first kappa shape index (κ1) is 49.8. The van der Waals surface area contributed by atoms with Gasteiger partial charge in [0.15, 0.2) is 0 Å². The summed E-state index contributed by atoms with van der Waals surface area (Å²) in [5.74, 6) is 2.09. The van der Waals surface area contributed by atoms with Gasteiger partial charge in [0.05, 0.1) is 0 Å². The molecule has 0 bridgehead atoms. The van der Waals surface area contributed by atoms with Gasteiger partial charge in [-0.2, -0.15) is 6.07 Å². The molecule has 5 aromatic carbocycles. The van der Waals surface area contributed by atoms with Gasteiger partial charge in [-0.25, -0.2) is 4.98 Å². The van der Waals surface area contributed by atoms with Crippen LogP contribution >= 0.6 is 0 Å². The fraction of sp³-hybridized carbons (Fsp3) is 0.377. The van der Waals surface area contributed by atoms with E-state index in [9.17, 15) is 0 Å². The molecule has 0 radical (unpaired) electrons. The molecular weight excluding hydrogens is 1000 g/mol. The Morgan fingerprint density at radius 1 is 0.507 bits per heavy atom. The summed E-state index contributed by atoms with van der Waals surface area (Å²) in [6.07, 6.45) is 4.20. The Morgan fingerprint density at radius 3 is 1.72 bits per heavy atom. The second-order valence-electron chi connectivity index (χ2n) is 24.2. The van der Waals surface area contributed by atoms with Crippen LogP contribution in [0, 0.1) is 24.2 Å². The van der Waals surface area contributed by atoms with Crippen LogP contribution < -0.4 is 14.5 Å². The predicted molar refractivity (Wildman–Crippen MR) is 279 cm³/mol. The average Bonchev–Trinajstić information content (AvgIpc) is 3.83. The maximum Gasteiger partial charge on any atom is 0.135 e. The first-order chi connectivity index (χ1) is 30.6. The Hall–Kier alpha value is -5.12. The molecule has 0 N–H and O–H groups in total. The van der Waals surface area contributed by atoms with Gasteiger partial charge in [-0.1, -0.05) is 172 Å². The number of hydrogen-bond acceptors (Lipinski definition) is 4. The van der Waals surface area contributed by atoms with Gasteiger partial charge in [-0.3, -0.25) is 0 Å². The third kappa shape index (κ3) is 10.1. The molecule has 3 heterocycles. The zero-order valence-corrected chi connectivity index (χ0v) is 45.3. The molecule has 0 aliphatic carbocycles. The van der Waals surface area contributed by atoms with Crippen LogP contribution in [0.4, 0.5) is 11.4 Å². The van der Waals surface area contributed by atoms with Crippen LogP contribution in [0.5, 0.6) is 11.5 Å². The summed E-state index contributed by atoms with van der Waals surface area (Å²) in [5, 5.41) is 2.27. The van der Waals surface area contributed by atoms with Crippen LogP contribution in [0.25, 0.3) is 27.6 Å². The molecule has 354 valence electrons. The molecule has 1 aliphatic rings. The van der Waals surface area contributed by atoms with E-state index < -0.39 is 0 Å². The van der Waals surface area contributed by atoms with Crippen LogP contribution in [0.1, 0.15) is 151 Å². The summed E-state index contributed by atoms with van der Waals surface area (Å²) >= 11 is 0. The summed E-state index contributed by atoms with van der Waals surface area (Å²) in [4.78, 5) is 9.57. The van der Waals surface area contributed by atoms with Crippen molar-refractivity contribution < 1.29 is 25.8 Å². The Labute approximate surface area is 416 Å². The third-order valence-corrected chi connectivity index (χ3v) is 13.4. The number of benzene rings is 5. The Kier molecular flexibility index (Phi) is 13.0. The standard InChI is InChI=1S/C61H71N4O.Pt/c1-56(2,3)41-23-26-52-51(34-41)50-25-24-48(37-53(50)65(52)55-35-42(27-28-62-55)57(4,5)6)66-49-33-45(61(16,17)40-21-19-18-20-22-40)32-46(36-49)63-38-54(60(13,14)15)64(39-63)47-30-43(58(7,8)9)29-44(31-47)59(10,11)12;/h18-35,38-39H,1-17H3;/q-3;. The van der Waals surface area contributed by atoms with Crippen molar-refractivity contribution in [2.45, 2.75) is 145 Å². The predicted octanol–water partition coefficient (Wildman–Crippen LogP) is 16.4. The minimum atomic E-state index is -0.351. The SMILES string of the molecule is CC(C)(C)C1=CN(c2[c-]c(Oc3[c-]c4c(cc3)c3cc(C(C)(C)C)ccc3n4-c3cc(C(C)(C)C)ccn3)cc(C(C)(C)c3ccccc3)c2)[CH-]N1c1cc(C(C)(C)C)cc(C(C)(C)C)c1.[Pt]. The maximum absolute atomic E-state index is 6.99. The molecule has 2 aromatic heterocycles. The van der Waals surface area contributed by atoms with Crippen molar-refractivity contribution in [3.05, 3.63) is 173 Å². The molecule has 0 saturated heterocycles. The van der Waals surface area contributed by atoms with Gasteiger partial charge in [0.2, 0.25) is 0 Å². The quantitative estimate of drug-likeness (QED) is 0.149. The molecule has 0 amide bonds. The fourth-order valence-corrected chi connectivity index (χ4v) is 8.84. The summed E-state index contributed by atoms with van der Waals surface area (Å²) in [7, 11) is 0. The number of aromatic nitrogens is 2. The minimum Gasteiger partial charge on any atom is -0.509 e. The number of rotatable bonds is 7. The topological polar surface area (TPSA) is 33.5 Å². The van der Waals surface area contributed by atoms with E-state index in [4.69, 9.17) is 9.72 Å². The van der Waals surface area contributed by atoms with Gasteiger partial charge in [-0.15, -0.1) is 53.6 Å². The van der Waals surface area contributed by atoms with Gasteiger partial charge in [0.25, 0.3) is 0 Å². The zero-order valence-electron chi connectivity index (χ0n) is 43.1. The van der Waals surface area contributed by atoms with E-state index >= 15 is 0 Å². The van der Waals surface area contributed by atoms with Crippen molar-refractivity contribution >= 4 is 33.2 Å². The fourth-order valence-electron chi connectivity index (χ4n) is 8.84. The van der Waals surface area contributed by atoms with Crippen LogP contribution in [0.3, 0.4) is 0 Å². The normalized spacial score (nSPS) is 14.2. The van der Waals surface area contributed by atoms with Crippen LogP contribution in [0.15, 0.2) is 121 Å². The number of pyridine rings is 1. The third-order valence-electron chi connectivity index (χ3n) is 13.4. The molecule has 0 saturated carbocycles. The van der Waals surface area contributed by atoms with E-state index in [2.05, 4.69) is 254 Å². The average molecular weight is 1070 g/mol. The Morgan fingerprint density at radius 2 is 1.12 bits per heavy atom. The molecule has 7 aromatic rings. The molecule has 6 heteroatoms. The smallest absolute Gasteiger partial charge is 0.135 e. The van der Waals surface area contributed by atoms with E-state index in [-0.39, 0.29) is 53.6 Å². The summed E-state index contributed by atoms with van der Waals surface area (Å²) in [6.45, 7) is 41.0. The van der Waals surface area contributed by atoms with Crippen LogP contribution in [-0.2, 0) is 48.1 Å². The first-order valence-corrected chi connectivity index (χ1v) is 23.7. The van der Waals surface area contributed by atoms with E-state index in [1.807, 2.05) is 12.3 Å². The number of fused-ring (bicyclic) bond motifs is 3. The number of allylic oxidation sites excluding steroid dienone is 1. The molecule has 0 unspecified atom stereocenters. The minimum absolute atomic E-state index is 0. The van der Waals surface area contributed by atoms with E-state index in [0.717, 1.165) is 39.2 Å². The van der Waals surface area contributed by atoms with Gasteiger partial charge in [0, 0.05) is 61.1 Å². The molecule has 0 spiro atoms. The van der Waals surface area contributed by atoms with Crippen molar-refractivity contribution in [1.82, 2.24) is 9.55 Å². The van der Waals surface area contributed by atoms with Crippen molar-refractivity contribution in [3.63, 3.8) is 0 Å². The van der Waals surface area contributed by atoms with Gasteiger partial charge in [-0.05, 0) is 96.8 Å². The Bertz CT molecular complexity index is 2940. The number of nitrogens with zero attached hydrogens (tertiary/aromatic N) is 4. The summed E-state index contributed by atoms with van der Waals surface area (Å²) in [5.41, 5.74) is 12.1. The maximum atomic E-state index is 6.99. The van der Waals surface area contributed by atoms with E-state index in [1.54, 1.807) is 0 Å². The van der Waals surface area contributed by atoms with Crippen molar-refractivity contribution in [1.29, 1.82) is 0 Å². The summed E-state index contributed by atoms with van der Waals surface area (Å²) in [6, 6.07) is 45.2. The summed E-state index contributed by atoms with van der Waals surface area (Å²) < 4.78 is 9.24. The first-order valence-electron chi connectivity index (χ1n) is 23.7. The van der Waals surface area contributed by atoms with Crippen LogP contribution in [0.2, 0.25) is 0 Å². The monoisotopic (exact) mass is 1070 g/mol. The number of ether oxygens (including phenoxy) is 1. The van der Waals surface area contributed by atoms with Crippen LogP contribution in [-0.4, -0.2) is 9.55 Å².